The van der Waals surface area contributed by atoms with E-state index in [2.05, 4.69) is 84.2 Å². The number of benzene rings is 1. The van der Waals surface area contributed by atoms with Crippen LogP contribution in [0.3, 0.4) is 0 Å². The van der Waals surface area contributed by atoms with E-state index in [1.807, 2.05) is 0 Å². The Morgan fingerprint density at radius 2 is 1.77 bits per heavy atom. The molecule has 30 heavy (non-hydrogen) atoms. The van der Waals surface area contributed by atoms with Crippen molar-refractivity contribution in [1.29, 1.82) is 0 Å². The molecule has 0 amide bonds. The smallest absolute Gasteiger partial charge is 0.296 e. The summed E-state index contributed by atoms with van der Waals surface area (Å²) < 4.78 is 1.72. The maximum atomic E-state index is 10.5. The Balaban J connectivity index is 1.85. The van der Waals surface area contributed by atoms with E-state index in [0.29, 0.717) is 23.5 Å². The molecule has 2 heterocycles. The average molecular weight is 412 g/mol. The molecule has 0 saturated carbocycles. The van der Waals surface area contributed by atoms with Crippen molar-refractivity contribution in [1.82, 2.24) is 24.4 Å². The summed E-state index contributed by atoms with van der Waals surface area (Å²) in [5.74, 6) is 0.737. The number of rotatable bonds is 8. The molecule has 1 aromatic carbocycles. The van der Waals surface area contributed by atoms with Crippen LogP contribution in [0.4, 0.5) is 11.8 Å². The van der Waals surface area contributed by atoms with Gasteiger partial charge >= 0.3 is 0 Å². The molecule has 4 N–H and O–H groups in total. The topological polar surface area (TPSA) is 105 Å². The van der Waals surface area contributed by atoms with Crippen molar-refractivity contribution in [2.75, 3.05) is 24.6 Å². The number of anilines is 2. The van der Waals surface area contributed by atoms with Crippen LogP contribution < -0.4 is 11.1 Å². The van der Waals surface area contributed by atoms with Gasteiger partial charge < -0.3 is 16.2 Å². The summed E-state index contributed by atoms with van der Waals surface area (Å²) in [5.41, 5.74) is 9.30. The van der Waals surface area contributed by atoms with Crippen molar-refractivity contribution < 1.29 is 5.11 Å². The maximum Gasteiger partial charge on any atom is 0.296 e. The van der Waals surface area contributed by atoms with Crippen LogP contribution in [0.2, 0.25) is 0 Å². The third-order valence-corrected chi connectivity index (χ3v) is 5.35. The van der Waals surface area contributed by atoms with Crippen LogP contribution in [0.5, 0.6) is 6.01 Å². The first-order valence-corrected chi connectivity index (χ1v) is 10.4. The number of fused-ring (bicyclic) bond motifs is 1. The molecule has 0 bridgehead atoms. The molecule has 0 atom stereocenters. The molecular formula is C22H33N7O. The van der Waals surface area contributed by atoms with Crippen LogP contribution in [0.25, 0.3) is 11.2 Å². The number of nitrogens with two attached hydrogens (primary N) is 1. The van der Waals surface area contributed by atoms with Gasteiger partial charge in [-0.2, -0.15) is 15.0 Å². The van der Waals surface area contributed by atoms with Crippen molar-refractivity contribution in [2.24, 2.45) is 0 Å². The highest BCUT2D eigenvalue weighted by Gasteiger charge is 2.19. The second-order valence-corrected chi connectivity index (χ2v) is 8.72. The molecule has 0 spiro atoms. The van der Waals surface area contributed by atoms with Gasteiger partial charge in [0.25, 0.3) is 6.01 Å². The number of hydrogen-bond donors (Lipinski definition) is 3. The van der Waals surface area contributed by atoms with Gasteiger partial charge in [-0.15, -0.1) is 0 Å². The highest BCUT2D eigenvalue weighted by atomic mass is 16.3. The minimum absolute atomic E-state index is 0.0972. The van der Waals surface area contributed by atoms with E-state index >= 15 is 0 Å². The van der Waals surface area contributed by atoms with Gasteiger partial charge in [0.05, 0.1) is 6.54 Å². The summed E-state index contributed by atoms with van der Waals surface area (Å²) in [5, 5.41) is 13.8. The van der Waals surface area contributed by atoms with Crippen LogP contribution >= 0.6 is 0 Å². The molecule has 0 radical (unpaired) electrons. The zero-order valence-electron chi connectivity index (χ0n) is 18.6. The second-order valence-electron chi connectivity index (χ2n) is 8.72. The lowest BCUT2D eigenvalue weighted by Crippen LogP contribution is -2.37. The number of unbranched alkanes of at least 4 members (excludes halogenated alkanes) is 1. The van der Waals surface area contributed by atoms with E-state index < -0.39 is 0 Å². The largest absolute Gasteiger partial charge is 0.480 e. The van der Waals surface area contributed by atoms with Gasteiger partial charge in [-0.1, -0.05) is 37.6 Å². The van der Waals surface area contributed by atoms with E-state index in [1.165, 1.54) is 5.56 Å². The van der Waals surface area contributed by atoms with Crippen molar-refractivity contribution in [2.45, 2.75) is 59.2 Å². The first-order chi connectivity index (χ1) is 14.2. The number of aromatic nitrogens is 4. The molecule has 8 heteroatoms. The van der Waals surface area contributed by atoms with Crippen LogP contribution in [-0.4, -0.2) is 48.7 Å². The number of hydrogen-bond acceptors (Lipinski definition) is 7. The molecule has 0 unspecified atom stereocenters. The SMILES string of the molecule is CCCCNc1nc(N)nc2nc(O)n(Cc3ccc(CN(C)C(C)(C)C)cc3)c12. The Morgan fingerprint density at radius 1 is 1.10 bits per heavy atom. The molecule has 3 aromatic rings. The fourth-order valence-corrected chi connectivity index (χ4v) is 3.14. The summed E-state index contributed by atoms with van der Waals surface area (Å²) in [7, 11) is 2.13. The van der Waals surface area contributed by atoms with Gasteiger partial charge in [0.15, 0.2) is 11.5 Å². The van der Waals surface area contributed by atoms with Gasteiger partial charge in [-0.25, -0.2) is 0 Å². The van der Waals surface area contributed by atoms with Gasteiger partial charge in [-0.3, -0.25) is 9.47 Å². The Kier molecular flexibility index (Phi) is 6.45. The van der Waals surface area contributed by atoms with E-state index in [1.54, 1.807) is 4.57 Å². The van der Waals surface area contributed by atoms with E-state index in [-0.39, 0.29) is 17.5 Å². The molecule has 0 aliphatic carbocycles. The summed E-state index contributed by atoms with van der Waals surface area (Å²) >= 11 is 0. The van der Waals surface area contributed by atoms with Gasteiger partial charge in [-0.05, 0) is 45.4 Å². The molecule has 0 aliphatic heterocycles. The molecule has 0 saturated heterocycles. The van der Waals surface area contributed by atoms with E-state index in [4.69, 9.17) is 5.73 Å². The van der Waals surface area contributed by atoms with Crippen LogP contribution in [0.15, 0.2) is 24.3 Å². The fraction of sp³-hybridized carbons (Fsp3) is 0.500. The Hall–Kier alpha value is -2.87. The molecule has 8 nitrogen and oxygen atoms in total. The summed E-state index contributed by atoms with van der Waals surface area (Å²) in [6.45, 7) is 10.9. The van der Waals surface area contributed by atoms with Crippen molar-refractivity contribution >= 4 is 22.9 Å². The van der Waals surface area contributed by atoms with Crippen LogP contribution in [0.1, 0.15) is 51.7 Å². The predicted octanol–water partition coefficient (Wildman–Crippen LogP) is 3.60. The van der Waals surface area contributed by atoms with E-state index in [9.17, 15) is 5.11 Å². The second kappa shape index (κ2) is 8.87. The fourth-order valence-electron chi connectivity index (χ4n) is 3.14. The number of nitrogen functional groups attached to an aromatic ring is 1. The van der Waals surface area contributed by atoms with Crippen molar-refractivity contribution in [3.05, 3.63) is 35.4 Å². The zero-order chi connectivity index (χ0) is 21.9. The molecule has 0 aliphatic rings. The summed E-state index contributed by atoms with van der Waals surface area (Å²) in [6, 6.07) is 8.32. The monoisotopic (exact) mass is 411 g/mol. The molecular weight excluding hydrogens is 378 g/mol. The molecule has 3 rings (SSSR count). The third kappa shape index (κ3) is 4.99. The van der Waals surface area contributed by atoms with Crippen molar-refractivity contribution in [3.63, 3.8) is 0 Å². The number of nitrogens with zero attached hydrogens (tertiary/aromatic N) is 5. The van der Waals surface area contributed by atoms with Gasteiger partial charge in [0, 0.05) is 18.6 Å². The average Bonchev–Trinajstić information content (AvgIpc) is 2.97. The Bertz CT molecular complexity index is 989. The molecule has 0 fully saturated rings. The molecule has 2 aromatic heterocycles. The quantitative estimate of drug-likeness (QED) is 0.486. The minimum atomic E-state index is -0.0972. The summed E-state index contributed by atoms with van der Waals surface area (Å²) in [4.78, 5) is 15.0. The zero-order valence-corrected chi connectivity index (χ0v) is 18.6. The third-order valence-electron chi connectivity index (χ3n) is 5.35. The van der Waals surface area contributed by atoms with Crippen molar-refractivity contribution in [3.8, 4) is 6.01 Å². The lowest BCUT2D eigenvalue weighted by Gasteiger charge is -2.31. The first kappa shape index (κ1) is 21.8. The van der Waals surface area contributed by atoms with Crippen LogP contribution in [0, 0.1) is 0 Å². The minimum Gasteiger partial charge on any atom is -0.480 e. The maximum absolute atomic E-state index is 10.5. The number of aromatic hydroxyl groups is 1. The highest BCUT2D eigenvalue weighted by Crippen LogP contribution is 2.27. The standard InChI is InChI=1S/C22H33N7O/c1-6-7-12-24-18-17-19(26-20(23)25-18)27-21(30)29(17)14-16-10-8-15(9-11-16)13-28(5)22(2,3)4/h8-11H,6-7,12-14H2,1-5H3,(H4,23,24,25,26,27,30). The Morgan fingerprint density at radius 3 is 2.40 bits per heavy atom. The number of nitrogens with one attached hydrogen (secondary N) is 1. The highest BCUT2D eigenvalue weighted by molar-refractivity contribution is 5.85. The lowest BCUT2D eigenvalue weighted by molar-refractivity contribution is 0.167. The van der Waals surface area contributed by atoms with E-state index in [0.717, 1.165) is 31.5 Å². The molecule has 162 valence electrons. The predicted molar refractivity (Wildman–Crippen MR) is 122 cm³/mol. The van der Waals surface area contributed by atoms with Gasteiger partial charge in [0.1, 0.15) is 5.52 Å². The lowest BCUT2D eigenvalue weighted by atomic mass is 10.0. The first-order valence-electron chi connectivity index (χ1n) is 10.4. The summed E-state index contributed by atoms with van der Waals surface area (Å²) in [6.07, 6.45) is 2.08. The number of imidazole rings is 1. The van der Waals surface area contributed by atoms with Crippen LogP contribution in [-0.2, 0) is 13.1 Å². The Labute approximate surface area is 178 Å². The normalized spacial score (nSPS) is 12.1. The van der Waals surface area contributed by atoms with Gasteiger partial charge in [0.2, 0.25) is 5.95 Å².